The monoisotopic (exact) mass is 266 g/mol. The predicted octanol–water partition coefficient (Wildman–Crippen LogP) is -2.45. The van der Waals surface area contributed by atoms with Crippen molar-refractivity contribution >= 4 is 12.1 Å². The Balaban J connectivity index is 2.05. The molecule has 102 valence electrons. The van der Waals surface area contributed by atoms with Gasteiger partial charge in [0.1, 0.15) is 0 Å². The molecular formula is C11H16N5O3+. The number of carbonyl (C=O) groups excluding carboxylic acids is 1. The number of H-pyrrole nitrogens is 2. The lowest BCUT2D eigenvalue weighted by Crippen LogP contribution is -2.89. The molecule has 8 nitrogen and oxygen atoms in total. The number of nitrogens with zero attached hydrogens (tertiary/aromatic N) is 1. The molecule has 2 heterocycles. The Labute approximate surface area is 108 Å². The molecule has 0 spiro atoms. The van der Waals surface area contributed by atoms with E-state index in [-0.39, 0.29) is 17.5 Å². The molecule has 0 aromatic carbocycles. The smallest absolute Gasteiger partial charge is 0.325 e. The maximum Gasteiger partial charge on any atom is 0.325 e. The van der Waals surface area contributed by atoms with Crippen LogP contribution in [0.3, 0.4) is 0 Å². The van der Waals surface area contributed by atoms with Gasteiger partial charge in [0.25, 0.3) is 11.5 Å². The van der Waals surface area contributed by atoms with E-state index < -0.39 is 11.2 Å². The van der Waals surface area contributed by atoms with Gasteiger partial charge in [0.2, 0.25) is 0 Å². The number of hydrogen-bond donors (Lipinski definition) is 4. The van der Waals surface area contributed by atoms with Crippen molar-refractivity contribution in [2.24, 2.45) is 5.10 Å². The molecule has 1 saturated heterocycles. The summed E-state index contributed by atoms with van der Waals surface area (Å²) in [4.78, 5) is 38.7. The summed E-state index contributed by atoms with van der Waals surface area (Å²) in [5.41, 5.74) is 1.92. The van der Waals surface area contributed by atoms with Gasteiger partial charge in [-0.1, -0.05) is 0 Å². The number of quaternary nitrogens is 1. The van der Waals surface area contributed by atoms with Gasteiger partial charge in [0.15, 0.2) is 6.04 Å². The van der Waals surface area contributed by atoms with E-state index in [1.54, 1.807) is 6.92 Å². The average Bonchev–Trinajstić information content (AvgIpc) is 2.85. The molecule has 1 atom stereocenters. The van der Waals surface area contributed by atoms with E-state index in [4.69, 9.17) is 0 Å². The molecule has 0 radical (unpaired) electrons. The van der Waals surface area contributed by atoms with Crippen molar-refractivity contribution in [1.29, 1.82) is 0 Å². The highest BCUT2D eigenvalue weighted by Crippen LogP contribution is 1.97. The summed E-state index contributed by atoms with van der Waals surface area (Å²) < 4.78 is 0. The second-order valence-corrected chi connectivity index (χ2v) is 4.45. The molecule has 2 rings (SSSR count). The Morgan fingerprint density at radius 3 is 2.89 bits per heavy atom. The highest BCUT2D eigenvalue weighted by molar-refractivity contribution is 5.84. The van der Waals surface area contributed by atoms with Gasteiger partial charge in [-0.15, -0.1) is 0 Å². The first-order valence-electron chi connectivity index (χ1n) is 6.07. The molecule has 1 aliphatic heterocycles. The lowest BCUT2D eigenvalue weighted by molar-refractivity contribution is -0.657. The average molecular weight is 266 g/mol. The Morgan fingerprint density at radius 1 is 1.47 bits per heavy atom. The van der Waals surface area contributed by atoms with Crippen molar-refractivity contribution < 1.29 is 10.1 Å². The Kier molecular flexibility index (Phi) is 3.91. The summed E-state index contributed by atoms with van der Waals surface area (Å²) in [5, 5.41) is 5.71. The number of rotatable bonds is 3. The van der Waals surface area contributed by atoms with E-state index in [1.807, 2.05) is 5.32 Å². The Hall–Kier alpha value is -2.22. The van der Waals surface area contributed by atoms with Crippen LogP contribution in [0.15, 0.2) is 14.7 Å². The van der Waals surface area contributed by atoms with Crippen LogP contribution in [0.4, 0.5) is 0 Å². The molecule has 1 aromatic rings. The fourth-order valence-corrected chi connectivity index (χ4v) is 2.02. The van der Waals surface area contributed by atoms with Crippen LogP contribution < -0.4 is 22.0 Å². The zero-order valence-corrected chi connectivity index (χ0v) is 10.5. The zero-order chi connectivity index (χ0) is 13.8. The Morgan fingerprint density at radius 2 is 2.26 bits per heavy atom. The second-order valence-electron chi connectivity index (χ2n) is 4.45. The van der Waals surface area contributed by atoms with E-state index in [0.717, 1.165) is 19.4 Å². The normalized spacial score (nSPS) is 18.9. The molecule has 0 bridgehead atoms. The van der Waals surface area contributed by atoms with Gasteiger partial charge in [0, 0.05) is 18.5 Å². The van der Waals surface area contributed by atoms with Crippen molar-refractivity contribution in [3.05, 3.63) is 32.1 Å². The molecule has 8 heteroatoms. The highest BCUT2D eigenvalue weighted by Gasteiger charge is 2.25. The summed E-state index contributed by atoms with van der Waals surface area (Å²) in [6.07, 6.45) is 3.08. The van der Waals surface area contributed by atoms with Crippen molar-refractivity contribution in [2.45, 2.75) is 25.8 Å². The van der Waals surface area contributed by atoms with E-state index in [1.165, 1.54) is 6.21 Å². The van der Waals surface area contributed by atoms with Crippen molar-refractivity contribution in [1.82, 2.24) is 15.4 Å². The molecule has 0 unspecified atom stereocenters. The molecule has 0 saturated carbocycles. The fourth-order valence-electron chi connectivity index (χ4n) is 2.02. The van der Waals surface area contributed by atoms with Gasteiger partial charge < -0.3 is 10.3 Å². The van der Waals surface area contributed by atoms with Gasteiger partial charge in [-0.25, -0.2) is 10.2 Å². The van der Waals surface area contributed by atoms with E-state index >= 15 is 0 Å². The number of aromatic nitrogens is 2. The number of aryl methyl sites for hydroxylation is 1. The SMILES string of the molecule is Cc1[nH]c(=O)[nH]c(=O)c1/C=N/NC(=O)[C@@H]1CCC[NH2+]1. The second kappa shape index (κ2) is 5.61. The fraction of sp³-hybridized carbons (Fsp3) is 0.455. The quantitative estimate of drug-likeness (QED) is 0.358. The first-order valence-corrected chi connectivity index (χ1v) is 6.07. The predicted molar refractivity (Wildman–Crippen MR) is 68.0 cm³/mol. The number of amides is 1. The number of hydrogen-bond acceptors (Lipinski definition) is 4. The van der Waals surface area contributed by atoms with Gasteiger partial charge in [0.05, 0.1) is 18.3 Å². The molecule has 1 aliphatic rings. The highest BCUT2D eigenvalue weighted by atomic mass is 16.2. The largest absolute Gasteiger partial charge is 0.336 e. The van der Waals surface area contributed by atoms with Crippen molar-refractivity contribution in [2.75, 3.05) is 6.54 Å². The Bertz CT molecular complexity index is 609. The standard InChI is InChI=1S/C11H15N5O3/c1-6-7(9(17)15-11(19)14-6)5-13-16-10(18)8-3-2-4-12-8/h5,8,12H,2-4H2,1H3,(H,16,18)(H2,14,15,17,19)/p+1/b13-5+/t8-/m0/s1. The van der Waals surface area contributed by atoms with Crippen molar-refractivity contribution in [3.63, 3.8) is 0 Å². The minimum atomic E-state index is -0.566. The van der Waals surface area contributed by atoms with Crippen LogP contribution in [-0.4, -0.2) is 34.7 Å². The van der Waals surface area contributed by atoms with Crippen LogP contribution in [-0.2, 0) is 4.79 Å². The van der Waals surface area contributed by atoms with Crippen LogP contribution in [0.25, 0.3) is 0 Å². The van der Waals surface area contributed by atoms with Crippen LogP contribution in [0, 0.1) is 6.92 Å². The van der Waals surface area contributed by atoms with Gasteiger partial charge in [-0.05, 0) is 6.92 Å². The van der Waals surface area contributed by atoms with E-state index in [2.05, 4.69) is 20.5 Å². The van der Waals surface area contributed by atoms with E-state index in [9.17, 15) is 14.4 Å². The number of carbonyl (C=O) groups is 1. The number of aromatic amines is 2. The molecule has 0 aliphatic carbocycles. The number of nitrogens with one attached hydrogen (secondary N) is 3. The van der Waals surface area contributed by atoms with Gasteiger partial charge in [-0.3, -0.25) is 14.6 Å². The summed E-state index contributed by atoms with van der Waals surface area (Å²) in [6.45, 7) is 2.53. The third-order valence-electron chi connectivity index (χ3n) is 3.05. The first-order chi connectivity index (χ1) is 9.08. The lowest BCUT2D eigenvalue weighted by Gasteiger charge is -2.04. The third kappa shape index (κ3) is 3.16. The van der Waals surface area contributed by atoms with E-state index in [0.29, 0.717) is 5.69 Å². The van der Waals surface area contributed by atoms with Gasteiger partial charge >= 0.3 is 5.69 Å². The lowest BCUT2D eigenvalue weighted by atomic mass is 10.2. The molecule has 1 amide bonds. The number of nitrogens with two attached hydrogens (primary N) is 1. The number of hydrazone groups is 1. The third-order valence-corrected chi connectivity index (χ3v) is 3.05. The summed E-state index contributed by atoms with van der Waals surface area (Å²) >= 11 is 0. The topological polar surface area (TPSA) is 124 Å². The molecule has 1 fully saturated rings. The summed E-state index contributed by atoms with van der Waals surface area (Å²) in [7, 11) is 0. The van der Waals surface area contributed by atoms with Crippen LogP contribution >= 0.6 is 0 Å². The van der Waals surface area contributed by atoms with Crippen LogP contribution in [0.1, 0.15) is 24.1 Å². The summed E-state index contributed by atoms with van der Waals surface area (Å²) in [6, 6.07) is -0.105. The maximum atomic E-state index is 11.7. The first kappa shape index (κ1) is 13.2. The summed E-state index contributed by atoms with van der Waals surface area (Å²) in [5.74, 6) is -0.174. The van der Waals surface area contributed by atoms with Crippen molar-refractivity contribution in [3.8, 4) is 0 Å². The molecule has 19 heavy (non-hydrogen) atoms. The zero-order valence-electron chi connectivity index (χ0n) is 10.5. The molecular weight excluding hydrogens is 250 g/mol. The van der Waals surface area contributed by atoms with Gasteiger partial charge in [-0.2, -0.15) is 5.10 Å². The minimum absolute atomic E-state index is 0.105. The molecule has 1 aromatic heterocycles. The molecule has 5 N–H and O–H groups in total. The minimum Gasteiger partial charge on any atom is -0.336 e. The van der Waals surface area contributed by atoms with Crippen LogP contribution in [0.2, 0.25) is 0 Å². The maximum absolute atomic E-state index is 11.7. The van der Waals surface area contributed by atoms with Crippen LogP contribution in [0.5, 0.6) is 0 Å².